The van der Waals surface area contributed by atoms with Gasteiger partial charge in [0.1, 0.15) is 6.23 Å². The summed E-state index contributed by atoms with van der Waals surface area (Å²) in [5.41, 5.74) is 0. The van der Waals surface area contributed by atoms with Gasteiger partial charge in [0, 0.05) is 19.7 Å². The minimum absolute atomic E-state index is 0.367. The first-order chi connectivity index (χ1) is 7.22. The van der Waals surface area contributed by atoms with E-state index in [1.165, 1.54) is 38.6 Å². The second-order valence-electron chi connectivity index (χ2n) is 5.49. The van der Waals surface area contributed by atoms with Gasteiger partial charge in [-0.05, 0) is 57.8 Å². The molecule has 2 rings (SSSR count). The van der Waals surface area contributed by atoms with Crippen LogP contribution in [0.2, 0.25) is 0 Å². The SMILES string of the molecule is COC1CCC2CCC2CCN1C(C)C. The van der Waals surface area contributed by atoms with Gasteiger partial charge in [-0.25, -0.2) is 0 Å². The standard InChI is InChI=1S/C13H25NO/c1-10(2)14-9-8-12-5-4-11(12)6-7-13(14)15-3/h10-13H,4-9H2,1-3H3. The zero-order valence-corrected chi connectivity index (χ0v) is 10.4. The molecule has 3 atom stereocenters. The Labute approximate surface area is 94.0 Å². The zero-order chi connectivity index (χ0) is 10.8. The predicted octanol–water partition coefficient (Wildman–Crippen LogP) is 2.88. The van der Waals surface area contributed by atoms with Crippen molar-refractivity contribution in [2.75, 3.05) is 13.7 Å². The van der Waals surface area contributed by atoms with E-state index in [0.29, 0.717) is 12.3 Å². The van der Waals surface area contributed by atoms with Gasteiger partial charge in [-0.3, -0.25) is 4.90 Å². The van der Waals surface area contributed by atoms with Gasteiger partial charge in [0.05, 0.1) is 0 Å². The van der Waals surface area contributed by atoms with E-state index in [9.17, 15) is 0 Å². The molecule has 2 nitrogen and oxygen atoms in total. The Kier molecular flexibility index (Phi) is 3.68. The van der Waals surface area contributed by atoms with E-state index < -0.39 is 0 Å². The minimum Gasteiger partial charge on any atom is -0.366 e. The first kappa shape index (κ1) is 11.4. The summed E-state index contributed by atoms with van der Waals surface area (Å²) in [5.74, 6) is 2.06. The molecule has 1 aliphatic heterocycles. The van der Waals surface area contributed by atoms with Gasteiger partial charge in [0.2, 0.25) is 0 Å². The van der Waals surface area contributed by atoms with Crippen molar-refractivity contribution in [1.29, 1.82) is 0 Å². The number of rotatable bonds is 2. The Balaban J connectivity index is 1.96. The van der Waals surface area contributed by atoms with E-state index in [-0.39, 0.29) is 0 Å². The first-order valence-corrected chi connectivity index (χ1v) is 6.51. The molecule has 1 saturated heterocycles. The summed E-state index contributed by atoms with van der Waals surface area (Å²) < 4.78 is 5.63. The third kappa shape index (κ3) is 2.36. The fraction of sp³-hybridized carbons (Fsp3) is 1.00. The molecule has 1 saturated carbocycles. The molecule has 88 valence electrons. The van der Waals surface area contributed by atoms with Crippen LogP contribution in [0.5, 0.6) is 0 Å². The van der Waals surface area contributed by atoms with Crippen LogP contribution in [0.1, 0.15) is 46.0 Å². The van der Waals surface area contributed by atoms with Crippen LogP contribution in [-0.4, -0.2) is 30.8 Å². The van der Waals surface area contributed by atoms with Crippen LogP contribution in [0, 0.1) is 11.8 Å². The Hall–Kier alpha value is -0.0800. The van der Waals surface area contributed by atoms with Gasteiger partial charge < -0.3 is 4.74 Å². The van der Waals surface area contributed by atoms with Gasteiger partial charge in [-0.1, -0.05) is 0 Å². The molecule has 2 heteroatoms. The van der Waals surface area contributed by atoms with E-state index in [4.69, 9.17) is 4.74 Å². The molecule has 3 unspecified atom stereocenters. The van der Waals surface area contributed by atoms with Crippen molar-refractivity contribution in [1.82, 2.24) is 4.90 Å². The van der Waals surface area contributed by atoms with Crippen molar-refractivity contribution >= 4 is 0 Å². The first-order valence-electron chi connectivity index (χ1n) is 6.51. The van der Waals surface area contributed by atoms with Crippen LogP contribution in [0.3, 0.4) is 0 Å². The summed E-state index contributed by atoms with van der Waals surface area (Å²) in [7, 11) is 1.86. The Bertz CT molecular complexity index is 205. The van der Waals surface area contributed by atoms with Crippen LogP contribution in [0.25, 0.3) is 0 Å². The van der Waals surface area contributed by atoms with Crippen LogP contribution in [0.15, 0.2) is 0 Å². The Morgan fingerprint density at radius 1 is 1.00 bits per heavy atom. The molecular weight excluding hydrogens is 186 g/mol. The summed E-state index contributed by atoms with van der Waals surface area (Å²) in [6, 6.07) is 0.617. The molecule has 0 aromatic heterocycles. The Morgan fingerprint density at radius 2 is 1.60 bits per heavy atom. The van der Waals surface area contributed by atoms with Crippen LogP contribution in [0.4, 0.5) is 0 Å². The molecule has 0 N–H and O–H groups in total. The molecule has 1 heterocycles. The zero-order valence-electron chi connectivity index (χ0n) is 10.4. The third-order valence-corrected chi connectivity index (χ3v) is 4.42. The van der Waals surface area contributed by atoms with Crippen molar-refractivity contribution in [2.45, 2.75) is 58.2 Å². The second-order valence-corrected chi connectivity index (χ2v) is 5.49. The smallest absolute Gasteiger partial charge is 0.110 e. The molecule has 2 fully saturated rings. The number of nitrogens with zero attached hydrogens (tertiary/aromatic N) is 1. The van der Waals surface area contributed by atoms with Gasteiger partial charge in [-0.2, -0.15) is 0 Å². The molecule has 0 aromatic carbocycles. The van der Waals surface area contributed by atoms with Crippen molar-refractivity contribution in [3.8, 4) is 0 Å². The van der Waals surface area contributed by atoms with E-state index in [0.717, 1.165) is 11.8 Å². The second kappa shape index (κ2) is 4.84. The maximum Gasteiger partial charge on any atom is 0.110 e. The van der Waals surface area contributed by atoms with Crippen molar-refractivity contribution in [3.05, 3.63) is 0 Å². The quantitative estimate of drug-likeness (QED) is 0.696. The van der Waals surface area contributed by atoms with Gasteiger partial charge in [-0.15, -0.1) is 0 Å². The van der Waals surface area contributed by atoms with Crippen LogP contribution in [-0.2, 0) is 4.74 Å². The highest BCUT2D eigenvalue weighted by molar-refractivity contribution is 4.85. The highest BCUT2D eigenvalue weighted by Crippen LogP contribution is 2.42. The van der Waals surface area contributed by atoms with Crippen molar-refractivity contribution in [3.63, 3.8) is 0 Å². The largest absolute Gasteiger partial charge is 0.366 e. The molecule has 1 aliphatic carbocycles. The molecule has 0 amide bonds. The van der Waals surface area contributed by atoms with Gasteiger partial charge in [0.25, 0.3) is 0 Å². The number of fused-ring (bicyclic) bond motifs is 1. The van der Waals surface area contributed by atoms with E-state index in [1.807, 2.05) is 7.11 Å². The van der Waals surface area contributed by atoms with Crippen molar-refractivity contribution < 1.29 is 4.74 Å². The topological polar surface area (TPSA) is 12.5 Å². The highest BCUT2D eigenvalue weighted by atomic mass is 16.5. The molecule has 0 radical (unpaired) electrons. The van der Waals surface area contributed by atoms with Crippen LogP contribution >= 0.6 is 0 Å². The summed E-state index contributed by atoms with van der Waals surface area (Å²) in [6.45, 7) is 5.80. The lowest BCUT2D eigenvalue weighted by molar-refractivity contribution is -0.0767. The normalized spacial score (nSPS) is 38.0. The fourth-order valence-electron chi connectivity index (χ4n) is 3.22. The minimum atomic E-state index is 0.367. The van der Waals surface area contributed by atoms with Gasteiger partial charge in [0.15, 0.2) is 0 Å². The highest BCUT2D eigenvalue weighted by Gasteiger charge is 2.35. The van der Waals surface area contributed by atoms with E-state index in [2.05, 4.69) is 18.7 Å². The van der Waals surface area contributed by atoms with Gasteiger partial charge >= 0.3 is 0 Å². The lowest BCUT2D eigenvalue weighted by Gasteiger charge is -2.44. The lowest BCUT2D eigenvalue weighted by atomic mass is 9.69. The number of ether oxygens (including phenoxy) is 1. The monoisotopic (exact) mass is 211 g/mol. The van der Waals surface area contributed by atoms with Crippen LogP contribution < -0.4 is 0 Å². The fourth-order valence-corrected chi connectivity index (χ4v) is 3.22. The molecule has 0 aromatic rings. The molecule has 0 spiro atoms. The predicted molar refractivity (Wildman–Crippen MR) is 62.7 cm³/mol. The maximum absolute atomic E-state index is 5.63. The maximum atomic E-state index is 5.63. The summed E-state index contributed by atoms with van der Waals surface area (Å²) in [6.07, 6.45) is 7.33. The van der Waals surface area contributed by atoms with Crippen molar-refractivity contribution in [2.24, 2.45) is 11.8 Å². The molecule has 15 heavy (non-hydrogen) atoms. The third-order valence-electron chi connectivity index (χ3n) is 4.42. The molecule has 2 aliphatic rings. The summed E-state index contributed by atoms with van der Waals surface area (Å²) in [4.78, 5) is 2.54. The average molecular weight is 211 g/mol. The molecule has 0 bridgehead atoms. The number of hydrogen-bond acceptors (Lipinski definition) is 2. The average Bonchev–Trinajstić information content (AvgIpc) is 2.16. The van der Waals surface area contributed by atoms with E-state index >= 15 is 0 Å². The summed E-state index contributed by atoms with van der Waals surface area (Å²) in [5, 5.41) is 0. The molecular formula is C13H25NO. The number of likely N-dealkylation sites (tertiary alicyclic amines) is 1. The summed E-state index contributed by atoms with van der Waals surface area (Å²) >= 11 is 0. The Morgan fingerprint density at radius 3 is 2.13 bits per heavy atom. The number of methoxy groups -OCH3 is 1. The lowest BCUT2D eigenvalue weighted by Crippen LogP contribution is -2.46. The van der Waals surface area contributed by atoms with E-state index in [1.54, 1.807) is 0 Å². The number of hydrogen-bond donors (Lipinski definition) is 0.